The van der Waals surface area contributed by atoms with Crippen LogP contribution in [0.25, 0.3) is 0 Å². The number of carbonyl (C=O) groups excluding carboxylic acids is 2. The van der Waals surface area contributed by atoms with Gasteiger partial charge in [0.25, 0.3) is 0 Å². The lowest BCUT2D eigenvalue weighted by Crippen LogP contribution is -2.33. The van der Waals surface area contributed by atoms with Gasteiger partial charge in [0.15, 0.2) is 0 Å². The van der Waals surface area contributed by atoms with Crippen LogP contribution in [-0.2, 0) is 9.59 Å². The number of carbonyl (C=O) groups is 2. The third-order valence-corrected chi connectivity index (χ3v) is 4.19. The first-order chi connectivity index (χ1) is 10.9. The number of halogens is 1. The normalized spacial score (nSPS) is 12.0. The third kappa shape index (κ3) is 8.56. The molecule has 1 rings (SSSR count). The highest BCUT2D eigenvalue weighted by molar-refractivity contribution is 8.01. The number of nitrogens with zero attached hydrogens (tertiary/aromatic N) is 1. The Morgan fingerprint density at radius 1 is 1.26 bits per heavy atom. The maximum absolute atomic E-state index is 12.8. The fourth-order valence-corrected chi connectivity index (χ4v) is 2.47. The Kier molecular flexibility index (Phi) is 8.65. The van der Waals surface area contributed by atoms with Gasteiger partial charge in [0.2, 0.25) is 11.8 Å². The fourth-order valence-electron chi connectivity index (χ4n) is 1.76. The molecule has 23 heavy (non-hydrogen) atoms. The second-order valence-electron chi connectivity index (χ2n) is 5.46. The maximum Gasteiger partial charge on any atom is 0.234 e. The molecule has 0 aliphatic heterocycles. The van der Waals surface area contributed by atoms with Crippen LogP contribution in [-0.4, -0.2) is 54.9 Å². The van der Waals surface area contributed by atoms with Crippen molar-refractivity contribution in [2.24, 2.45) is 0 Å². The molecule has 0 aromatic heterocycles. The smallest absolute Gasteiger partial charge is 0.234 e. The lowest BCUT2D eigenvalue weighted by Gasteiger charge is -2.13. The van der Waals surface area contributed by atoms with Gasteiger partial charge in [0.05, 0.1) is 11.0 Å². The molecule has 1 aromatic rings. The Labute approximate surface area is 141 Å². The van der Waals surface area contributed by atoms with Crippen molar-refractivity contribution in [1.82, 2.24) is 10.2 Å². The lowest BCUT2D eigenvalue weighted by molar-refractivity contribution is -0.120. The van der Waals surface area contributed by atoms with E-state index < -0.39 is 0 Å². The number of amides is 2. The quantitative estimate of drug-likeness (QED) is 0.674. The first kappa shape index (κ1) is 19.4. The molecule has 0 radical (unpaired) electrons. The predicted molar refractivity (Wildman–Crippen MR) is 93.1 cm³/mol. The number of thioether (sulfide) groups is 1. The Hall–Kier alpha value is -1.60. The minimum Gasteiger partial charge on any atom is -0.355 e. The fraction of sp³-hybridized carbons (Fsp3) is 0.500. The average molecular weight is 341 g/mol. The van der Waals surface area contributed by atoms with E-state index in [9.17, 15) is 14.0 Å². The van der Waals surface area contributed by atoms with E-state index in [1.165, 1.54) is 36.0 Å². The van der Waals surface area contributed by atoms with Crippen LogP contribution in [0.4, 0.5) is 10.1 Å². The molecule has 0 spiro atoms. The van der Waals surface area contributed by atoms with Crippen LogP contribution in [0.1, 0.15) is 13.3 Å². The van der Waals surface area contributed by atoms with Gasteiger partial charge in [-0.05, 0) is 58.3 Å². The van der Waals surface area contributed by atoms with Crippen LogP contribution in [0.2, 0.25) is 0 Å². The summed E-state index contributed by atoms with van der Waals surface area (Å²) in [5.74, 6) is -0.460. The first-order valence-corrected chi connectivity index (χ1v) is 8.53. The minimum absolute atomic E-state index is 0.0664. The van der Waals surface area contributed by atoms with Gasteiger partial charge in [-0.25, -0.2) is 4.39 Å². The summed E-state index contributed by atoms with van der Waals surface area (Å²) in [6.07, 6.45) is 0.890. The molecule has 0 bridgehead atoms. The number of benzene rings is 1. The van der Waals surface area contributed by atoms with Gasteiger partial charge in [0.1, 0.15) is 5.82 Å². The van der Waals surface area contributed by atoms with Crippen LogP contribution < -0.4 is 10.6 Å². The summed E-state index contributed by atoms with van der Waals surface area (Å²) in [4.78, 5) is 25.7. The zero-order valence-electron chi connectivity index (χ0n) is 13.8. The summed E-state index contributed by atoms with van der Waals surface area (Å²) in [5, 5.41) is 5.22. The van der Waals surface area contributed by atoms with E-state index >= 15 is 0 Å². The summed E-state index contributed by atoms with van der Waals surface area (Å²) in [6.45, 7) is 3.32. The molecule has 1 aromatic carbocycles. The minimum atomic E-state index is -0.350. The van der Waals surface area contributed by atoms with Crippen molar-refractivity contribution in [3.05, 3.63) is 30.1 Å². The Morgan fingerprint density at radius 2 is 1.91 bits per heavy atom. The molecule has 128 valence electrons. The molecule has 1 unspecified atom stereocenters. The molecule has 2 amide bonds. The zero-order valence-corrected chi connectivity index (χ0v) is 14.6. The van der Waals surface area contributed by atoms with Crippen molar-refractivity contribution in [3.8, 4) is 0 Å². The van der Waals surface area contributed by atoms with Gasteiger partial charge < -0.3 is 15.5 Å². The molecule has 0 fully saturated rings. The summed E-state index contributed by atoms with van der Waals surface area (Å²) < 4.78 is 12.8. The first-order valence-electron chi connectivity index (χ1n) is 7.48. The van der Waals surface area contributed by atoms with Gasteiger partial charge in [-0.3, -0.25) is 9.59 Å². The van der Waals surface area contributed by atoms with E-state index in [0.717, 1.165) is 13.0 Å². The maximum atomic E-state index is 12.8. The molecule has 7 heteroatoms. The van der Waals surface area contributed by atoms with E-state index in [2.05, 4.69) is 15.5 Å². The Morgan fingerprint density at radius 3 is 2.52 bits per heavy atom. The zero-order chi connectivity index (χ0) is 17.2. The van der Waals surface area contributed by atoms with Crippen molar-refractivity contribution in [3.63, 3.8) is 0 Å². The summed E-state index contributed by atoms with van der Waals surface area (Å²) in [7, 11) is 3.97. The lowest BCUT2D eigenvalue weighted by atomic mass is 10.3. The van der Waals surface area contributed by atoms with Crippen molar-refractivity contribution >= 4 is 29.3 Å². The highest BCUT2D eigenvalue weighted by atomic mass is 32.2. The average Bonchev–Trinajstić information content (AvgIpc) is 2.51. The topological polar surface area (TPSA) is 61.4 Å². The van der Waals surface area contributed by atoms with Gasteiger partial charge in [-0.15, -0.1) is 11.8 Å². The standard InChI is InChI=1S/C16H24FN3O2S/c1-12(16(22)18-9-4-10-20(2)3)23-11-15(21)19-14-7-5-13(17)6-8-14/h5-8,12H,4,9-11H2,1-3H3,(H,18,22)(H,19,21). The molecule has 5 nitrogen and oxygen atoms in total. The van der Waals surface area contributed by atoms with Crippen LogP contribution in [0.3, 0.4) is 0 Å². The third-order valence-electron chi connectivity index (χ3n) is 3.04. The van der Waals surface area contributed by atoms with Crippen molar-refractivity contribution in [1.29, 1.82) is 0 Å². The molecule has 0 saturated carbocycles. The van der Waals surface area contributed by atoms with E-state index in [0.29, 0.717) is 12.2 Å². The number of hydrogen-bond acceptors (Lipinski definition) is 4. The van der Waals surface area contributed by atoms with Crippen LogP contribution in [0.15, 0.2) is 24.3 Å². The van der Waals surface area contributed by atoms with E-state index in [-0.39, 0.29) is 28.6 Å². The van der Waals surface area contributed by atoms with Gasteiger partial charge in [-0.2, -0.15) is 0 Å². The highest BCUT2D eigenvalue weighted by Gasteiger charge is 2.14. The molecule has 0 heterocycles. The summed E-state index contributed by atoms with van der Waals surface area (Å²) in [5.41, 5.74) is 0.540. The second-order valence-corrected chi connectivity index (χ2v) is 6.79. The Bertz CT molecular complexity index is 509. The van der Waals surface area contributed by atoms with Gasteiger partial charge >= 0.3 is 0 Å². The summed E-state index contributed by atoms with van der Waals surface area (Å²) >= 11 is 1.27. The van der Waals surface area contributed by atoms with E-state index in [4.69, 9.17) is 0 Å². The van der Waals surface area contributed by atoms with Crippen molar-refractivity contribution < 1.29 is 14.0 Å². The van der Waals surface area contributed by atoms with Gasteiger partial charge in [-0.1, -0.05) is 0 Å². The number of rotatable bonds is 9. The van der Waals surface area contributed by atoms with E-state index in [1.807, 2.05) is 14.1 Å². The van der Waals surface area contributed by atoms with Crippen molar-refractivity contribution in [2.75, 3.05) is 38.3 Å². The number of anilines is 1. The van der Waals surface area contributed by atoms with Gasteiger partial charge in [0, 0.05) is 12.2 Å². The molecule has 2 N–H and O–H groups in total. The molecule has 0 aliphatic rings. The van der Waals surface area contributed by atoms with E-state index in [1.54, 1.807) is 6.92 Å². The second kappa shape index (κ2) is 10.2. The molecule has 1 atom stereocenters. The van der Waals surface area contributed by atoms with Crippen LogP contribution >= 0.6 is 11.8 Å². The van der Waals surface area contributed by atoms with Crippen molar-refractivity contribution in [2.45, 2.75) is 18.6 Å². The monoisotopic (exact) mass is 341 g/mol. The highest BCUT2D eigenvalue weighted by Crippen LogP contribution is 2.13. The predicted octanol–water partition coefficient (Wildman–Crippen LogP) is 1.95. The number of nitrogens with one attached hydrogen (secondary N) is 2. The number of hydrogen-bond donors (Lipinski definition) is 2. The Balaban J connectivity index is 2.23. The largest absolute Gasteiger partial charge is 0.355 e. The van der Waals surface area contributed by atoms with Crippen LogP contribution in [0, 0.1) is 5.82 Å². The molecular formula is C16H24FN3O2S. The molecular weight excluding hydrogens is 317 g/mol. The molecule has 0 aliphatic carbocycles. The van der Waals surface area contributed by atoms with Crippen LogP contribution in [0.5, 0.6) is 0 Å². The molecule has 0 saturated heterocycles. The SMILES string of the molecule is CC(SCC(=O)Nc1ccc(F)cc1)C(=O)NCCCN(C)C. The summed E-state index contributed by atoms with van der Waals surface area (Å²) in [6, 6.07) is 5.57.